The molecule has 0 saturated carbocycles. The maximum absolute atomic E-state index is 13.0. The van der Waals surface area contributed by atoms with Crippen LogP contribution in [0.4, 0.5) is 10.1 Å². The van der Waals surface area contributed by atoms with Gasteiger partial charge in [-0.25, -0.2) is 14.4 Å². The molecule has 4 rings (SSSR count). The Hall–Kier alpha value is -4.54. The van der Waals surface area contributed by atoms with Gasteiger partial charge in [-0.3, -0.25) is 20.0 Å². The number of aromatic nitrogens is 4. The van der Waals surface area contributed by atoms with Crippen molar-refractivity contribution < 1.29 is 18.8 Å². The number of rotatable bonds is 7. The van der Waals surface area contributed by atoms with Crippen LogP contribution in [0.1, 0.15) is 16.8 Å². The first-order chi connectivity index (χ1) is 15.5. The number of methoxy groups -OCH3 is 1. The highest BCUT2D eigenvalue weighted by atomic mass is 19.1. The predicted molar refractivity (Wildman–Crippen MR) is 113 cm³/mol. The number of H-pyrrole nitrogens is 1. The van der Waals surface area contributed by atoms with Crippen LogP contribution in [0.15, 0.2) is 53.6 Å². The SMILES string of the molecule is COc1cc(C=Cc2nc3nc[nH]n3c(=O)c2[N+](=O)[O-])ccc1OCc1ccc(F)cc1. The van der Waals surface area contributed by atoms with Gasteiger partial charge in [-0.2, -0.15) is 4.52 Å². The van der Waals surface area contributed by atoms with E-state index in [1.165, 1.54) is 31.6 Å². The zero-order valence-electron chi connectivity index (χ0n) is 16.7. The summed E-state index contributed by atoms with van der Waals surface area (Å²) < 4.78 is 25.0. The molecular formula is C21H16FN5O5. The van der Waals surface area contributed by atoms with Crippen LogP contribution in [0.2, 0.25) is 0 Å². The molecule has 10 nitrogen and oxygen atoms in total. The fraction of sp³-hybridized carbons (Fsp3) is 0.0952. The van der Waals surface area contributed by atoms with Crippen LogP contribution in [0.25, 0.3) is 17.9 Å². The van der Waals surface area contributed by atoms with Crippen molar-refractivity contribution in [3.05, 3.63) is 91.9 Å². The van der Waals surface area contributed by atoms with Gasteiger partial charge in [-0.05, 0) is 41.5 Å². The van der Waals surface area contributed by atoms with E-state index in [4.69, 9.17) is 9.47 Å². The third kappa shape index (κ3) is 4.17. The Bertz CT molecular complexity index is 1380. The van der Waals surface area contributed by atoms with Gasteiger partial charge in [0, 0.05) is 0 Å². The van der Waals surface area contributed by atoms with Crippen molar-refractivity contribution in [1.82, 2.24) is 19.6 Å². The Balaban J connectivity index is 1.59. The van der Waals surface area contributed by atoms with Crippen molar-refractivity contribution in [1.29, 1.82) is 0 Å². The van der Waals surface area contributed by atoms with Crippen LogP contribution in [-0.2, 0) is 6.61 Å². The lowest BCUT2D eigenvalue weighted by Crippen LogP contribution is -2.20. The first-order valence-corrected chi connectivity index (χ1v) is 9.30. The average molecular weight is 437 g/mol. The summed E-state index contributed by atoms with van der Waals surface area (Å²) in [6, 6.07) is 11.0. The molecule has 0 fully saturated rings. The Kier molecular flexibility index (Phi) is 5.62. The Morgan fingerprint density at radius 3 is 2.69 bits per heavy atom. The zero-order chi connectivity index (χ0) is 22.7. The second-order valence-electron chi connectivity index (χ2n) is 6.59. The van der Waals surface area contributed by atoms with Crippen molar-refractivity contribution in [2.24, 2.45) is 0 Å². The normalized spacial score (nSPS) is 11.2. The number of fused-ring (bicyclic) bond motifs is 1. The number of nitrogens with zero attached hydrogens (tertiary/aromatic N) is 4. The molecule has 0 aliphatic heterocycles. The summed E-state index contributed by atoms with van der Waals surface area (Å²) in [5.41, 5.74) is -0.235. The number of aromatic amines is 1. The minimum Gasteiger partial charge on any atom is -0.493 e. The van der Waals surface area contributed by atoms with Crippen molar-refractivity contribution in [3.63, 3.8) is 0 Å². The number of nitrogens with one attached hydrogen (secondary N) is 1. The van der Waals surface area contributed by atoms with Gasteiger partial charge in [-0.1, -0.05) is 24.3 Å². The molecule has 0 amide bonds. The topological polar surface area (TPSA) is 125 Å². The largest absolute Gasteiger partial charge is 0.493 e. The molecule has 11 heteroatoms. The molecule has 1 N–H and O–H groups in total. The van der Waals surface area contributed by atoms with E-state index in [2.05, 4.69) is 15.1 Å². The first kappa shape index (κ1) is 20.7. The number of halogens is 1. The van der Waals surface area contributed by atoms with Crippen LogP contribution >= 0.6 is 0 Å². The minimum absolute atomic E-state index is 0.0161. The van der Waals surface area contributed by atoms with Gasteiger partial charge in [0.1, 0.15) is 18.8 Å². The van der Waals surface area contributed by atoms with Crippen LogP contribution in [-0.4, -0.2) is 31.6 Å². The summed E-state index contributed by atoms with van der Waals surface area (Å²) in [6.07, 6.45) is 4.14. The Labute approximate surface area is 179 Å². The fourth-order valence-corrected chi connectivity index (χ4v) is 2.98. The molecule has 2 aromatic carbocycles. The lowest BCUT2D eigenvalue weighted by atomic mass is 10.1. The summed E-state index contributed by atoms with van der Waals surface area (Å²) in [4.78, 5) is 30.9. The van der Waals surface area contributed by atoms with Crippen molar-refractivity contribution in [3.8, 4) is 11.5 Å². The third-order valence-electron chi connectivity index (χ3n) is 4.55. The van der Waals surface area contributed by atoms with E-state index in [0.29, 0.717) is 17.1 Å². The zero-order valence-corrected chi connectivity index (χ0v) is 16.7. The summed E-state index contributed by atoms with van der Waals surface area (Å²) >= 11 is 0. The standard InChI is InChI=1S/C21H16FN5O5/c1-31-18-10-13(5-9-17(18)32-11-14-2-6-15(22)7-3-14)4-8-16-19(27(29)30)20(28)26-21(25-16)23-12-24-26/h2-10,12H,11H2,1H3,(H,23,24,25). The summed E-state index contributed by atoms with van der Waals surface area (Å²) in [5.74, 6) is 0.586. The molecule has 32 heavy (non-hydrogen) atoms. The molecule has 0 spiro atoms. The lowest BCUT2D eigenvalue weighted by Gasteiger charge is -2.11. The Morgan fingerprint density at radius 2 is 1.97 bits per heavy atom. The predicted octanol–water partition coefficient (Wildman–Crippen LogP) is 3.22. The monoisotopic (exact) mass is 437 g/mol. The van der Waals surface area contributed by atoms with E-state index in [9.17, 15) is 19.3 Å². The van der Waals surface area contributed by atoms with Crippen LogP contribution < -0.4 is 15.0 Å². The lowest BCUT2D eigenvalue weighted by molar-refractivity contribution is -0.386. The van der Waals surface area contributed by atoms with E-state index in [1.807, 2.05) is 0 Å². The Morgan fingerprint density at radius 1 is 1.19 bits per heavy atom. The van der Waals surface area contributed by atoms with E-state index in [-0.39, 0.29) is 23.9 Å². The number of benzene rings is 2. The molecule has 0 saturated heterocycles. The van der Waals surface area contributed by atoms with Gasteiger partial charge < -0.3 is 9.47 Å². The maximum Gasteiger partial charge on any atom is 0.361 e. The van der Waals surface area contributed by atoms with E-state index in [1.54, 1.807) is 36.4 Å². The molecule has 0 aliphatic carbocycles. The number of ether oxygens (including phenoxy) is 2. The molecule has 2 heterocycles. The molecule has 162 valence electrons. The van der Waals surface area contributed by atoms with Crippen molar-refractivity contribution in [2.45, 2.75) is 6.61 Å². The van der Waals surface area contributed by atoms with Gasteiger partial charge in [0.05, 0.1) is 12.0 Å². The van der Waals surface area contributed by atoms with Gasteiger partial charge in [0.2, 0.25) is 0 Å². The van der Waals surface area contributed by atoms with E-state index in [0.717, 1.165) is 10.1 Å². The number of nitro groups is 1. The van der Waals surface area contributed by atoms with Gasteiger partial charge in [-0.15, -0.1) is 0 Å². The molecule has 0 radical (unpaired) electrons. The van der Waals surface area contributed by atoms with Crippen molar-refractivity contribution >= 4 is 23.6 Å². The van der Waals surface area contributed by atoms with E-state index < -0.39 is 16.2 Å². The summed E-state index contributed by atoms with van der Waals surface area (Å²) in [5, 5.41) is 13.9. The molecule has 4 aromatic rings. The second kappa shape index (κ2) is 8.68. The molecular weight excluding hydrogens is 421 g/mol. The molecule has 0 aliphatic rings. The molecule has 2 aromatic heterocycles. The fourth-order valence-electron chi connectivity index (χ4n) is 2.98. The average Bonchev–Trinajstić information content (AvgIpc) is 3.26. The molecule has 0 bridgehead atoms. The summed E-state index contributed by atoms with van der Waals surface area (Å²) in [6.45, 7) is 0.218. The number of hydrogen-bond donors (Lipinski definition) is 1. The maximum atomic E-state index is 13.0. The van der Waals surface area contributed by atoms with E-state index >= 15 is 0 Å². The van der Waals surface area contributed by atoms with Crippen LogP contribution in [0.5, 0.6) is 11.5 Å². The third-order valence-corrected chi connectivity index (χ3v) is 4.55. The van der Waals surface area contributed by atoms with Gasteiger partial charge >= 0.3 is 11.2 Å². The van der Waals surface area contributed by atoms with Gasteiger partial charge in [0.25, 0.3) is 5.78 Å². The second-order valence-corrected chi connectivity index (χ2v) is 6.59. The minimum atomic E-state index is -0.862. The first-order valence-electron chi connectivity index (χ1n) is 9.30. The molecule has 0 unspecified atom stereocenters. The van der Waals surface area contributed by atoms with Gasteiger partial charge in [0.15, 0.2) is 17.2 Å². The smallest absolute Gasteiger partial charge is 0.361 e. The highest BCUT2D eigenvalue weighted by Gasteiger charge is 2.22. The van der Waals surface area contributed by atoms with Crippen LogP contribution in [0.3, 0.4) is 0 Å². The highest BCUT2D eigenvalue weighted by molar-refractivity contribution is 5.73. The summed E-state index contributed by atoms with van der Waals surface area (Å²) in [7, 11) is 1.48. The van der Waals surface area contributed by atoms with Crippen LogP contribution in [0, 0.1) is 15.9 Å². The quantitative estimate of drug-likeness (QED) is 0.348. The number of hydrogen-bond acceptors (Lipinski definition) is 7. The highest BCUT2D eigenvalue weighted by Crippen LogP contribution is 2.30. The molecule has 0 atom stereocenters. The van der Waals surface area contributed by atoms with Crippen molar-refractivity contribution in [2.75, 3.05) is 7.11 Å².